The largest absolute Gasteiger partial charge is 0.368 e. The Kier molecular flexibility index (Phi) is 6.03. The molecule has 1 aliphatic rings. The van der Waals surface area contributed by atoms with E-state index in [1.165, 1.54) is 0 Å². The highest BCUT2D eigenvalue weighted by molar-refractivity contribution is 6.17. The van der Waals surface area contributed by atoms with Gasteiger partial charge in [-0.25, -0.2) is 0 Å². The zero-order valence-electron chi connectivity index (χ0n) is 9.30. The fraction of sp³-hybridized carbons (Fsp3) is 0.909. The first kappa shape index (κ1) is 12.8. The number of amides is 1. The normalized spacial score (nSPS) is 23.5. The maximum absolute atomic E-state index is 11.7. The summed E-state index contributed by atoms with van der Waals surface area (Å²) in [5.74, 6) is 0.692. The van der Waals surface area contributed by atoms with Crippen molar-refractivity contribution in [3.8, 4) is 0 Å². The minimum absolute atomic E-state index is 0.0387. The second-order valence-electron chi connectivity index (χ2n) is 4.10. The van der Waals surface area contributed by atoms with Crippen LogP contribution in [-0.2, 0) is 9.53 Å². The quantitative estimate of drug-likeness (QED) is 0.739. The lowest BCUT2D eigenvalue weighted by Crippen LogP contribution is -2.42. The first-order chi connectivity index (χ1) is 7.24. The molecule has 1 amide bonds. The van der Waals surface area contributed by atoms with Gasteiger partial charge in [0.1, 0.15) is 6.10 Å². The molecule has 88 valence electrons. The van der Waals surface area contributed by atoms with Crippen LogP contribution in [0.25, 0.3) is 0 Å². The summed E-state index contributed by atoms with van der Waals surface area (Å²) in [7, 11) is 0. The minimum Gasteiger partial charge on any atom is -0.368 e. The van der Waals surface area contributed by atoms with Crippen molar-refractivity contribution in [2.45, 2.75) is 51.2 Å². The van der Waals surface area contributed by atoms with Crippen molar-refractivity contribution in [3.05, 3.63) is 0 Å². The fourth-order valence-electron chi connectivity index (χ4n) is 1.74. The average Bonchev–Trinajstić information content (AvgIpc) is 2.27. The van der Waals surface area contributed by atoms with Crippen LogP contribution in [-0.4, -0.2) is 30.5 Å². The Labute approximate surface area is 96.5 Å². The third-order valence-corrected chi connectivity index (χ3v) is 2.90. The summed E-state index contributed by atoms with van der Waals surface area (Å²) in [5, 5.41) is 2.96. The molecular weight excluding hydrogens is 214 g/mol. The van der Waals surface area contributed by atoms with Gasteiger partial charge in [-0.15, -0.1) is 11.6 Å². The number of nitrogens with one attached hydrogen (secondary N) is 1. The highest BCUT2D eigenvalue weighted by Gasteiger charge is 2.22. The van der Waals surface area contributed by atoms with Crippen molar-refractivity contribution in [2.24, 2.45) is 0 Å². The number of hydrogen-bond acceptors (Lipinski definition) is 2. The van der Waals surface area contributed by atoms with E-state index in [1.807, 2.05) is 6.92 Å². The molecule has 0 radical (unpaired) electrons. The molecular formula is C11H20ClNO2. The van der Waals surface area contributed by atoms with Gasteiger partial charge in [0, 0.05) is 18.5 Å². The average molecular weight is 234 g/mol. The molecule has 0 aromatic carbocycles. The van der Waals surface area contributed by atoms with Gasteiger partial charge in [0.15, 0.2) is 0 Å². The van der Waals surface area contributed by atoms with Gasteiger partial charge in [0.05, 0.1) is 0 Å². The van der Waals surface area contributed by atoms with Crippen molar-refractivity contribution in [2.75, 3.05) is 12.5 Å². The SMILES string of the molecule is CC(CCCCl)NC(=O)C1CCCCO1. The van der Waals surface area contributed by atoms with Crippen molar-refractivity contribution < 1.29 is 9.53 Å². The lowest BCUT2D eigenvalue weighted by Gasteiger charge is -2.23. The second-order valence-corrected chi connectivity index (χ2v) is 4.47. The summed E-state index contributed by atoms with van der Waals surface area (Å²) >= 11 is 5.59. The first-order valence-corrected chi connectivity index (χ1v) is 6.25. The fourth-order valence-corrected chi connectivity index (χ4v) is 1.89. The molecule has 1 heterocycles. The van der Waals surface area contributed by atoms with E-state index in [0.717, 1.165) is 32.1 Å². The molecule has 0 aromatic rings. The lowest BCUT2D eigenvalue weighted by atomic mass is 10.1. The maximum atomic E-state index is 11.7. The van der Waals surface area contributed by atoms with Crippen LogP contribution in [0.2, 0.25) is 0 Å². The molecule has 0 bridgehead atoms. The van der Waals surface area contributed by atoms with E-state index in [9.17, 15) is 4.79 Å². The standard InChI is InChI=1S/C11H20ClNO2/c1-9(5-4-7-12)13-11(14)10-6-2-3-8-15-10/h9-10H,2-8H2,1H3,(H,13,14). The Bertz CT molecular complexity index is 193. The Hall–Kier alpha value is -0.280. The molecule has 0 aliphatic carbocycles. The third-order valence-electron chi connectivity index (χ3n) is 2.63. The highest BCUT2D eigenvalue weighted by atomic mass is 35.5. The number of halogens is 1. The predicted molar refractivity (Wildman–Crippen MR) is 61.1 cm³/mol. The Morgan fingerprint density at radius 1 is 1.60 bits per heavy atom. The van der Waals surface area contributed by atoms with Crippen molar-refractivity contribution in [3.63, 3.8) is 0 Å². The first-order valence-electron chi connectivity index (χ1n) is 5.72. The number of rotatable bonds is 5. The number of ether oxygens (including phenoxy) is 1. The van der Waals surface area contributed by atoms with Gasteiger partial charge in [-0.3, -0.25) is 4.79 Å². The van der Waals surface area contributed by atoms with Crippen LogP contribution in [0.15, 0.2) is 0 Å². The number of hydrogen-bond donors (Lipinski definition) is 1. The monoisotopic (exact) mass is 233 g/mol. The minimum atomic E-state index is -0.225. The molecule has 0 aromatic heterocycles. The molecule has 1 aliphatic heterocycles. The molecule has 0 saturated carbocycles. The van der Waals surface area contributed by atoms with Crippen LogP contribution in [0.3, 0.4) is 0 Å². The molecule has 2 unspecified atom stereocenters. The van der Waals surface area contributed by atoms with E-state index in [-0.39, 0.29) is 18.1 Å². The van der Waals surface area contributed by atoms with Crippen LogP contribution in [0.4, 0.5) is 0 Å². The molecule has 1 fully saturated rings. The molecule has 2 atom stereocenters. The zero-order valence-corrected chi connectivity index (χ0v) is 10.1. The molecule has 4 heteroatoms. The van der Waals surface area contributed by atoms with Crippen LogP contribution < -0.4 is 5.32 Å². The summed E-state index contributed by atoms with van der Waals surface area (Å²) in [5.41, 5.74) is 0. The second kappa shape index (κ2) is 7.07. The van der Waals surface area contributed by atoms with Gasteiger partial charge in [0.25, 0.3) is 0 Å². The Morgan fingerprint density at radius 2 is 2.40 bits per heavy atom. The van der Waals surface area contributed by atoms with Gasteiger partial charge in [-0.2, -0.15) is 0 Å². The van der Waals surface area contributed by atoms with Gasteiger partial charge in [0.2, 0.25) is 5.91 Å². The van der Waals surface area contributed by atoms with E-state index in [4.69, 9.17) is 16.3 Å². The van der Waals surface area contributed by atoms with Gasteiger partial charge in [-0.05, 0) is 39.0 Å². The van der Waals surface area contributed by atoms with E-state index in [1.54, 1.807) is 0 Å². The third kappa shape index (κ3) is 4.85. The van der Waals surface area contributed by atoms with Gasteiger partial charge >= 0.3 is 0 Å². The zero-order chi connectivity index (χ0) is 11.1. The van der Waals surface area contributed by atoms with Crippen LogP contribution in [0, 0.1) is 0 Å². The predicted octanol–water partition coefficient (Wildman–Crippen LogP) is 2.08. The van der Waals surface area contributed by atoms with Crippen molar-refractivity contribution in [1.82, 2.24) is 5.32 Å². The molecule has 0 spiro atoms. The van der Waals surface area contributed by atoms with Crippen molar-refractivity contribution in [1.29, 1.82) is 0 Å². The molecule has 3 nitrogen and oxygen atoms in total. The Morgan fingerprint density at radius 3 is 3.00 bits per heavy atom. The number of carbonyl (C=O) groups is 1. The molecule has 1 N–H and O–H groups in total. The summed E-state index contributed by atoms with van der Waals surface area (Å²) in [6.45, 7) is 2.72. The van der Waals surface area contributed by atoms with Gasteiger partial charge < -0.3 is 10.1 Å². The van der Waals surface area contributed by atoms with Gasteiger partial charge in [-0.1, -0.05) is 0 Å². The maximum Gasteiger partial charge on any atom is 0.249 e. The van der Waals surface area contributed by atoms with E-state index in [2.05, 4.69) is 5.32 Å². The number of alkyl halides is 1. The smallest absolute Gasteiger partial charge is 0.249 e. The van der Waals surface area contributed by atoms with E-state index in [0.29, 0.717) is 12.5 Å². The summed E-state index contributed by atoms with van der Waals surface area (Å²) < 4.78 is 5.41. The highest BCUT2D eigenvalue weighted by Crippen LogP contribution is 2.13. The van der Waals surface area contributed by atoms with Crippen LogP contribution in [0.5, 0.6) is 0 Å². The van der Waals surface area contributed by atoms with Crippen LogP contribution in [0.1, 0.15) is 39.0 Å². The summed E-state index contributed by atoms with van der Waals surface area (Å²) in [6.07, 6.45) is 4.67. The van der Waals surface area contributed by atoms with E-state index < -0.39 is 0 Å². The number of carbonyl (C=O) groups excluding carboxylic acids is 1. The lowest BCUT2D eigenvalue weighted by molar-refractivity contribution is -0.136. The summed E-state index contributed by atoms with van der Waals surface area (Å²) in [6, 6.07) is 0.196. The Balaban J connectivity index is 2.21. The van der Waals surface area contributed by atoms with E-state index >= 15 is 0 Å². The molecule has 1 rings (SSSR count). The molecule has 15 heavy (non-hydrogen) atoms. The molecule has 1 saturated heterocycles. The van der Waals surface area contributed by atoms with Crippen molar-refractivity contribution >= 4 is 17.5 Å². The van der Waals surface area contributed by atoms with Crippen LogP contribution >= 0.6 is 11.6 Å². The summed E-state index contributed by atoms with van der Waals surface area (Å²) in [4.78, 5) is 11.7. The topological polar surface area (TPSA) is 38.3 Å².